The fourth-order valence-electron chi connectivity index (χ4n) is 3.46. The molecule has 2 atom stereocenters. The Balaban J connectivity index is 3.37. The first kappa shape index (κ1) is 24.9. The molecule has 26 heavy (non-hydrogen) atoms. The number of carboxylic acid groups (broad SMARTS) is 2. The second kappa shape index (κ2) is 17.4. The van der Waals surface area contributed by atoms with E-state index in [0.717, 1.165) is 37.5 Å². The standard InChI is InChI=1S/C22H42O4/c1-19(13-9-5-3-7-11-15-21(23)24)17-18-20(2)14-10-6-4-8-12-16-22(25)26/h19-20H,3-18H2,1-2H3,(H,23,24)(H,25,26). The minimum atomic E-state index is -0.675. The van der Waals surface area contributed by atoms with E-state index < -0.39 is 11.9 Å². The van der Waals surface area contributed by atoms with Crippen molar-refractivity contribution in [1.82, 2.24) is 0 Å². The highest BCUT2D eigenvalue weighted by Gasteiger charge is 2.07. The monoisotopic (exact) mass is 370 g/mol. The van der Waals surface area contributed by atoms with Crippen molar-refractivity contribution in [3.8, 4) is 0 Å². The molecule has 0 aliphatic heterocycles. The third-order valence-electron chi connectivity index (χ3n) is 5.33. The zero-order chi connectivity index (χ0) is 19.6. The third kappa shape index (κ3) is 19.3. The molecule has 0 fully saturated rings. The molecule has 0 saturated carbocycles. The lowest BCUT2D eigenvalue weighted by Gasteiger charge is -2.15. The Hall–Kier alpha value is -1.06. The lowest BCUT2D eigenvalue weighted by atomic mass is 9.91. The maximum atomic E-state index is 10.4. The van der Waals surface area contributed by atoms with Gasteiger partial charge in [-0.05, 0) is 24.7 Å². The third-order valence-corrected chi connectivity index (χ3v) is 5.33. The summed E-state index contributed by atoms with van der Waals surface area (Å²) in [6, 6.07) is 0. The van der Waals surface area contributed by atoms with Crippen LogP contribution >= 0.6 is 0 Å². The Bertz CT molecular complexity index is 320. The summed E-state index contributed by atoms with van der Waals surface area (Å²) < 4.78 is 0. The molecule has 0 aliphatic carbocycles. The van der Waals surface area contributed by atoms with Crippen LogP contribution in [0.5, 0.6) is 0 Å². The van der Waals surface area contributed by atoms with Gasteiger partial charge in [-0.2, -0.15) is 0 Å². The number of rotatable bonds is 19. The number of hydrogen-bond donors (Lipinski definition) is 2. The van der Waals surface area contributed by atoms with E-state index in [1.54, 1.807) is 0 Å². The van der Waals surface area contributed by atoms with Gasteiger partial charge in [0.05, 0.1) is 0 Å². The van der Waals surface area contributed by atoms with Crippen LogP contribution in [0.25, 0.3) is 0 Å². The second-order valence-corrected chi connectivity index (χ2v) is 8.19. The molecule has 0 spiro atoms. The zero-order valence-corrected chi connectivity index (χ0v) is 17.2. The van der Waals surface area contributed by atoms with Gasteiger partial charge in [-0.15, -0.1) is 0 Å². The Morgan fingerprint density at radius 2 is 0.846 bits per heavy atom. The van der Waals surface area contributed by atoms with Crippen molar-refractivity contribution in [3.05, 3.63) is 0 Å². The van der Waals surface area contributed by atoms with Crippen LogP contribution in [0.3, 0.4) is 0 Å². The SMILES string of the molecule is CC(CCCCCCCC(=O)O)CCC(C)CCCCCCCC(=O)O. The fourth-order valence-corrected chi connectivity index (χ4v) is 3.46. The summed E-state index contributed by atoms with van der Waals surface area (Å²) in [5.41, 5.74) is 0. The molecule has 0 aromatic carbocycles. The highest BCUT2D eigenvalue weighted by Crippen LogP contribution is 2.22. The quantitative estimate of drug-likeness (QED) is 0.249. The summed E-state index contributed by atoms with van der Waals surface area (Å²) in [6.45, 7) is 4.72. The van der Waals surface area contributed by atoms with Crippen LogP contribution in [0.2, 0.25) is 0 Å². The minimum absolute atomic E-state index is 0.316. The van der Waals surface area contributed by atoms with Crippen LogP contribution in [-0.4, -0.2) is 22.2 Å². The molecule has 0 amide bonds. The molecule has 0 aromatic rings. The molecule has 0 aromatic heterocycles. The normalized spacial score (nSPS) is 13.5. The smallest absolute Gasteiger partial charge is 0.303 e. The van der Waals surface area contributed by atoms with E-state index in [9.17, 15) is 9.59 Å². The topological polar surface area (TPSA) is 74.6 Å². The van der Waals surface area contributed by atoms with Crippen molar-refractivity contribution in [3.63, 3.8) is 0 Å². The molecule has 2 N–H and O–H groups in total. The van der Waals surface area contributed by atoms with Gasteiger partial charge in [0.25, 0.3) is 0 Å². The molecule has 0 rings (SSSR count). The molecular weight excluding hydrogens is 328 g/mol. The van der Waals surface area contributed by atoms with Crippen molar-refractivity contribution < 1.29 is 19.8 Å². The first-order chi connectivity index (χ1) is 12.4. The van der Waals surface area contributed by atoms with Crippen molar-refractivity contribution in [2.45, 2.75) is 117 Å². The van der Waals surface area contributed by atoms with Gasteiger partial charge in [0.15, 0.2) is 0 Å². The molecule has 2 unspecified atom stereocenters. The summed E-state index contributed by atoms with van der Waals surface area (Å²) in [5, 5.41) is 17.2. The van der Waals surface area contributed by atoms with E-state index in [2.05, 4.69) is 13.8 Å². The number of unbranched alkanes of at least 4 members (excludes halogenated alkanes) is 8. The minimum Gasteiger partial charge on any atom is -0.481 e. The van der Waals surface area contributed by atoms with Gasteiger partial charge in [0, 0.05) is 12.8 Å². The van der Waals surface area contributed by atoms with Crippen LogP contribution < -0.4 is 0 Å². The zero-order valence-electron chi connectivity index (χ0n) is 17.2. The van der Waals surface area contributed by atoms with Crippen LogP contribution in [0.4, 0.5) is 0 Å². The second-order valence-electron chi connectivity index (χ2n) is 8.19. The van der Waals surface area contributed by atoms with Gasteiger partial charge >= 0.3 is 11.9 Å². The highest BCUT2D eigenvalue weighted by atomic mass is 16.4. The lowest BCUT2D eigenvalue weighted by molar-refractivity contribution is -0.138. The molecule has 0 radical (unpaired) electrons. The van der Waals surface area contributed by atoms with Crippen molar-refractivity contribution >= 4 is 11.9 Å². The van der Waals surface area contributed by atoms with Gasteiger partial charge in [-0.3, -0.25) is 9.59 Å². The van der Waals surface area contributed by atoms with Crippen molar-refractivity contribution in [1.29, 1.82) is 0 Å². The van der Waals surface area contributed by atoms with E-state index in [0.29, 0.717) is 12.8 Å². The Morgan fingerprint density at radius 1 is 0.538 bits per heavy atom. The molecule has 0 bridgehead atoms. The lowest BCUT2D eigenvalue weighted by Crippen LogP contribution is -2.01. The van der Waals surface area contributed by atoms with Gasteiger partial charge in [-0.1, -0.05) is 90.9 Å². The summed E-state index contributed by atoms with van der Waals surface area (Å²) in [6.07, 6.45) is 17.0. The molecule has 4 heteroatoms. The summed E-state index contributed by atoms with van der Waals surface area (Å²) in [5.74, 6) is 0.247. The maximum Gasteiger partial charge on any atom is 0.303 e. The largest absolute Gasteiger partial charge is 0.481 e. The van der Waals surface area contributed by atoms with Crippen LogP contribution in [0.15, 0.2) is 0 Å². The van der Waals surface area contributed by atoms with Crippen LogP contribution in [0.1, 0.15) is 117 Å². The number of carbonyl (C=O) groups is 2. The van der Waals surface area contributed by atoms with Gasteiger partial charge in [-0.25, -0.2) is 0 Å². The number of aliphatic carboxylic acids is 2. The summed E-state index contributed by atoms with van der Waals surface area (Å²) >= 11 is 0. The first-order valence-corrected chi connectivity index (χ1v) is 10.9. The number of carboxylic acids is 2. The van der Waals surface area contributed by atoms with Crippen molar-refractivity contribution in [2.24, 2.45) is 11.8 Å². The average molecular weight is 371 g/mol. The maximum absolute atomic E-state index is 10.4. The fraction of sp³-hybridized carbons (Fsp3) is 0.909. The Morgan fingerprint density at radius 3 is 1.19 bits per heavy atom. The predicted molar refractivity (Wildman–Crippen MR) is 107 cm³/mol. The first-order valence-electron chi connectivity index (χ1n) is 10.9. The molecule has 0 saturated heterocycles. The van der Waals surface area contributed by atoms with Crippen LogP contribution in [0, 0.1) is 11.8 Å². The van der Waals surface area contributed by atoms with E-state index >= 15 is 0 Å². The van der Waals surface area contributed by atoms with E-state index in [-0.39, 0.29) is 0 Å². The van der Waals surface area contributed by atoms with Crippen LogP contribution in [-0.2, 0) is 9.59 Å². The predicted octanol–water partition coefficient (Wildman–Crippen LogP) is 6.67. The van der Waals surface area contributed by atoms with E-state index in [1.165, 1.54) is 64.2 Å². The molecule has 0 heterocycles. The average Bonchev–Trinajstić information content (AvgIpc) is 2.57. The van der Waals surface area contributed by atoms with E-state index in [1.807, 2.05) is 0 Å². The Labute approximate surface area is 160 Å². The summed E-state index contributed by atoms with van der Waals surface area (Å²) in [4.78, 5) is 20.9. The molecule has 154 valence electrons. The van der Waals surface area contributed by atoms with Gasteiger partial charge < -0.3 is 10.2 Å². The van der Waals surface area contributed by atoms with Gasteiger partial charge in [0.1, 0.15) is 0 Å². The molecule has 4 nitrogen and oxygen atoms in total. The molecular formula is C22H42O4. The highest BCUT2D eigenvalue weighted by molar-refractivity contribution is 5.66. The van der Waals surface area contributed by atoms with Gasteiger partial charge in [0.2, 0.25) is 0 Å². The van der Waals surface area contributed by atoms with E-state index in [4.69, 9.17) is 10.2 Å². The Kier molecular flexibility index (Phi) is 16.7. The van der Waals surface area contributed by atoms with Crippen molar-refractivity contribution in [2.75, 3.05) is 0 Å². The summed E-state index contributed by atoms with van der Waals surface area (Å²) in [7, 11) is 0. The number of hydrogen-bond acceptors (Lipinski definition) is 2. The molecule has 0 aliphatic rings.